The lowest BCUT2D eigenvalue weighted by molar-refractivity contribution is -0.117. The van der Waals surface area contributed by atoms with E-state index in [1.54, 1.807) is 4.90 Å². The van der Waals surface area contributed by atoms with E-state index in [9.17, 15) is 4.79 Å². The number of anilines is 1. The van der Waals surface area contributed by atoms with Crippen LogP contribution in [0.15, 0.2) is 60.7 Å². The number of benzene rings is 2. The molecule has 3 heterocycles. The molecule has 5 heteroatoms. The lowest BCUT2D eigenvalue weighted by Crippen LogP contribution is -2.30. The van der Waals surface area contributed by atoms with Crippen LogP contribution in [0.2, 0.25) is 0 Å². The summed E-state index contributed by atoms with van der Waals surface area (Å²) < 4.78 is 0. The summed E-state index contributed by atoms with van der Waals surface area (Å²) in [6.45, 7) is 3.97. The van der Waals surface area contributed by atoms with Crippen molar-refractivity contribution in [2.24, 2.45) is 0 Å². The van der Waals surface area contributed by atoms with Crippen LogP contribution in [0, 0.1) is 6.92 Å². The van der Waals surface area contributed by atoms with Gasteiger partial charge in [0.05, 0.1) is 12.5 Å². The molecule has 2 aliphatic rings. The molecule has 158 valence electrons. The molecule has 5 nitrogen and oxygen atoms in total. The van der Waals surface area contributed by atoms with Crippen LogP contribution in [0.5, 0.6) is 0 Å². The summed E-state index contributed by atoms with van der Waals surface area (Å²) >= 11 is 0. The molecule has 1 saturated heterocycles. The van der Waals surface area contributed by atoms with Gasteiger partial charge in [-0.2, -0.15) is 0 Å². The summed E-state index contributed by atoms with van der Waals surface area (Å²) in [7, 11) is 1.82. The maximum atomic E-state index is 12.2. The molecular formula is C26H28N4O. The lowest BCUT2D eigenvalue weighted by atomic mass is 9.90. The van der Waals surface area contributed by atoms with E-state index in [1.165, 1.54) is 11.1 Å². The average Bonchev–Trinajstić information content (AvgIpc) is 3.38. The Kier molecular flexibility index (Phi) is 5.28. The normalized spacial score (nSPS) is 18.7. The highest BCUT2D eigenvalue weighted by Gasteiger charge is 2.34. The number of hydrogen-bond acceptors (Lipinski definition) is 4. The molecule has 0 spiro atoms. The Morgan fingerprint density at radius 1 is 1.00 bits per heavy atom. The van der Waals surface area contributed by atoms with Crippen molar-refractivity contribution in [3.8, 4) is 0 Å². The van der Waals surface area contributed by atoms with E-state index in [0.29, 0.717) is 12.3 Å². The highest BCUT2D eigenvalue weighted by Crippen LogP contribution is 2.37. The lowest BCUT2D eigenvalue weighted by Gasteiger charge is -2.29. The standard InChI is InChI=1S/C26H28N4O/c1-18-21-16-24(31)29(2)26(21)28-25(27-18)23-14-9-15-30(23)17-22(19-10-5-3-6-11-19)20-12-7-4-8-13-20/h3-8,10-13,22-23H,9,14-17H2,1-2H3/t23-/m1/s1. The van der Waals surface area contributed by atoms with Gasteiger partial charge in [0.1, 0.15) is 11.6 Å². The maximum Gasteiger partial charge on any atom is 0.232 e. The van der Waals surface area contributed by atoms with Gasteiger partial charge in [-0.05, 0) is 37.4 Å². The third-order valence-corrected chi connectivity index (χ3v) is 6.71. The number of nitrogens with zero attached hydrogens (tertiary/aromatic N) is 4. The number of carbonyl (C=O) groups is 1. The van der Waals surface area contributed by atoms with Crippen LogP contribution in [0.4, 0.5) is 5.82 Å². The van der Waals surface area contributed by atoms with E-state index in [4.69, 9.17) is 9.97 Å². The molecule has 2 aliphatic heterocycles. The molecule has 1 fully saturated rings. The van der Waals surface area contributed by atoms with Gasteiger partial charge in [0, 0.05) is 30.8 Å². The largest absolute Gasteiger partial charge is 0.299 e. The average molecular weight is 413 g/mol. The number of likely N-dealkylation sites (tertiary alicyclic amines) is 1. The van der Waals surface area contributed by atoms with Crippen molar-refractivity contribution in [3.05, 3.63) is 88.9 Å². The number of rotatable bonds is 5. The van der Waals surface area contributed by atoms with Crippen molar-refractivity contribution < 1.29 is 4.79 Å². The number of fused-ring (bicyclic) bond motifs is 1. The maximum absolute atomic E-state index is 12.2. The predicted octanol–water partition coefficient (Wildman–Crippen LogP) is 4.27. The van der Waals surface area contributed by atoms with Gasteiger partial charge in [-0.1, -0.05) is 60.7 Å². The van der Waals surface area contributed by atoms with Crippen molar-refractivity contribution >= 4 is 11.7 Å². The van der Waals surface area contributed by atoms with Crippen molar-refractivity contribution in [1.82, 2.24) is 14.9 Å². The molecular weight excluding hydrogens is 384 g/mol. The summed E-state index contributed by atoms with van der Waals surface area (Å²) in [6, 6.07) is 21.7. The predicted molar refractivity (Wildman–Crippen MR) is 122 cm³/mol. The minimum absolute atomic E-state index is 0.0982. The smallest absolute Gasteiger partial charge is 0.232 e. The highest BCUT2D eigenvalue weighted by molar-refractivity contribution is 5.99. The van der Waals surface area contributed by atoms with Crippen LogP contribution in [0.3, 0.4) is 0 Å². The zero-order valence-corrected chi connectivity index (χ0v) is 18.2. The van der Waals surface area contributed by atoms with Gasteiger partial charge in [0.15, 0.2) is 0 Å². The van der Waals surface area contributed by atoms with Crippen LogP contribution in [0.25, 0.3) is 0 Å². The summed E-state index contributed by atoms with van der Waals surface area (Å²) in [5.74, 6) is 2.04. The molecule has 5 rings (SSSR count). The minimum Gasteiger partial charge on any atom is -0.299 e. The second kappa shape index (κ2) is 8.23. The van der Waals surface area contributed by atoms with E-state index < -0.39 is 0 Å². The molecule has 0 unspecified atom stereocenters. The van der Waals surface area contributed by atoms with Crippen LogP contribution in [-0.2, 0) is 11.2 Å². The molecule has 1 amide bonds. The Hall–Kier alpha value is -3.05. The third-order valence-electron chi connectivity index (χ3n) is 6.71. The Morgan fingerprint density at radius 2 is 1.65 bits per heavy atom. The molecule has 1 atom stereocenters. The van der Waals surface area contributed by atoms with Crippen molar-refractivity contribution in [2.75, 3.05) is 25.0 Å². The molecule has 2 aromatic carbocycles. The van der Waals surface area contributed by atoms with Crippen LogP contribution in [0.1, 0.15) is 53.0 Å². The van der Waals surface area contributed by atoms with E-state index in [2.05, 4.69) is 65.6 Å². The first-order valence-corrected chi connectivity index (χ1v) is 11.1. The molecule has 31 heavy (non-hydrogen) atoms. The zero-order chi connectivity index (χ0) is 21.4. The van der Waals surface area contributed by atoms with Crippen molar-refractivity contribution in [1.29, 1.82) is 0 Å². The van der Waals surface area contributed by atoms with Crippen LogP contribution >= 0.6 is 0 Å². The van der Waals surface area contributed by atoms with Gasteiger partial charge >= 0.3 is 0 Å². The van der Waals surface area contributed by atoms with Gasteiger partial charge in [0.2, 0.25) is 5.91 Å². The SMILES string of the molecule is Cc1nc([C@H]2CCCN2CC(c2ccccc2)c2ccccc2)nc2c1CC(=O)N2C. The first kappa shape index (κ1) is 19.9. The number of carbonyl (C=O) groups excluding carboxylic acids is 1. The molecule has 0 N–H and O–H groups in total. The topological polar surface area (TPSA) is 49.3 Å². The second-order valence-corrected chi connectivity index (χ2v) is 8.63. The fourth-order valence-electron chi connectivity index (χ4n) is 4.97. The van der Waals surface area contributed by atoms with Gasteiger partial charge in [-0.3, -0.25) is 14.6 Å². The summed E-state index contributed by atoms with van der Waals surface area (Å²) in [5.41, 5.74) is 4.57. The second-order valence-electron chi connectivity index (χ2n) is 8.63. The zero-order valence-electron chi connectivity index (χ0n) is 18.2. The number of aryl methyl sites for hydroxylation is 1. The van der Waals surface area contributed by atoms with Gasteiger partial charge in [0.25, 0.3) is 0 Å². The molecule has 1 aromatic heterocycles. The molecule has 0 radical (unpaired) electrons. The summed E-state index contributed by atoms with van der Waals surface area (Å²) in [4.78, 5) is 26.2. The van der Waals surface area contributed by atoms with Crippen molar-refractivity contribution in [3.63, 3.8) is 0 Å². The first-order chi connectivity index (χ1) is 15.1. The van der Waals surface area contributed by atoms with Gasteiger partial charge in [-0.25, -0.2) is 9.97 Å². The Morgan fingerprint density at radius 3 is 2.29 bits per heavy atom. The van der Waals surface area contributed by atoms with Crippen LogP contribution in [-0.4, -0.2) is 40.9 Å². The molecule has 0 bridgehead atoms. The quantitative estimate of drug-likeness (QED) is 0.628. The molecule has 0 saturated carbocycles. The van der Waals surface area contributed by atoms with Crippen molar-refractivity contribution in [2.45, 2.75) is 38.1 Å². The molecule has 3 aromatic rings. The number of hydrogen-bond donors (Lipinski definition) is 0. The Labute approximate surface area is 183 Å². The van der Waals surface area contributed by atoms with Gasteiger partial charge in [-0.15, -0.1) is 0 Å². The number of likely N-dealkylation sites (N-methyl/N-ethyl adjacent to an activating group) is 1. The van der Waals surface area contributed by atoms with Gasteiger partial charge < -0.3 is 0 Å². The summed E-state index contributed by atoms with van der Waals surface area (Å²) in [6.07, 6.45) is 2.60. The van der Waals surface area contributed by atoms with E-state index >= 15 is 0 Å². The van der Waals surface area contributed by atoms with E-state index in [0.717, 1.165) is 48.8 Å². The molecule has 0 aliphatic carbocycles. The minimum atomic E-state index is 0.0982. The monoisotopic (exact) mass is 412 g/mol. The summed E-state index contributed by atoms with van der Waals surface area (Å²) in [5, 5.41) is 0. The Bertz CT molecular complexity index is 1040. The fourth-order valence-corrected chi connectivity index (χ4v) is 4.97. The Balaban J connectivity index is 1.47. The van der Waals surface area contributed by atoms with E-state index in [-0.39, 0.29) is 11.9 Å². The first-order valence-electron chi connectivity index (χ1n) is 11.1. The number of amides is 1. The van der Waals surface area contributed by atoms with E-state index in [1.807, 2.05) is 14.0 Å². The number of aromatic nitrogens is 2. The highest BCUT2D eigenvalue weighted by atomic mass is 16.2. The van der Waals surface area contributed by atoms with Crippen LogP contribution < -0.4 is 4.90 Å². The third kappa shape index (κ3) is 3.74. The fraction of sp³-hybridized carbons (Fsp3) is 0.346.